The van der Waals surface area contributed by atoms with Gasteiger partial charge in [0.1, 0.15) is 33.7 Å². The van der Waals surface area contributed by atoms with Crippen molar-refractivity contribution in [1.82, 2.24) is 25.2 Å². The molecule has 11 N–H and O–H groups in total. The molecule has 2 aliphatic heterocycles. The van der Waals surface area contributed by atoms with Crippen molar-refractivity contribution in [3.05, 3.63) is 52.2 Å². The summed E-state index contributed by atoms with van der Waals surface area (Å²) in [5, 5.41) is 46.3. The molecule has 18 nitrogen and oxygen atoms in total. The highest BCUT2D eigenvalue weighted by Crippen LogP contribution is 2.41. The number of rotatable bonds is 11. The number of amides is 2. The number of thiazole rings is 1. The molecule has 0 spiro atoms. The molecule has 4 heterocycles. The van der Waals surface area contributed by atoms with Crippen molar-refractivity contribution in [3.8, 4) is 11.5 Å². The summed E-state index contributed by atoms with van der Waals surface area (Å²) in [5.41, 5.74) is 16.5. The Morgan fingerprint density at radius 1 is 1.13 bits per heavy atom. The van der Waals surface area contributed by atoms with Gasteiger partial charge in [-0.1, -0.05) is 11.2 Å². The highest BCUT2D eigenvalue weighted by Gasteiger charge is 2.54. The van der Waals surface area contributed by atoms with Crippen molar-refractivity contribution in [1.29, 1.82) is 0 Å². The third-order valence-corrected chi connectivity index (χ3v) is 9.44. The zero-order valence-electron chi connectivity index (χ0n) is 23.1. The summed E-state index contributed by atoms with van der Waals surface area (Å²) in [5.74, 6) is -5.22. The van der Waals surface area contributed by atoms with Crippen LogP contribution in [0.5, 0.6) is 11.5 Å². The predicted molar refractivity (Wildman–Crippen MR) is 166 cm³/mol. The van der Waals surface area contributed by atoms with Gasteiger partial charge in [0, 0.05) is 28.5 Å². The third-order valence-electron chi connectivity index (χ3n) is 6.43. The first kappa shape index (κ1) is 32.1. The van der Waals surface area contributed by atoms with E-state index in [1.54, 1.807) is 0 Å². The monoisotopic (exact) mass is 689 g/mol. The number of aliphatic carboxylic acids is 2. The second-order valence-electron chi connectivity index (χ2n) is 9.48. The van der Waals surface area contributed by atoms with Crippen LogP contribution in [0, 0.1) is 0 Å². The predicted octanol–water partition coefficient (Wildman–Crippen LogP) is 0.168. The summed E-state index contributed by atoms with van der Waals surface area (Å²) >= 11 is 3.34. The minimum atomic E-state index is -1.82. The number of thioether (sulfide) groups is 2. The van der Waals surface area contributed by atoms with E-state index in [4.69, 9.17) is 22.0 Å². The van der Waals surface area contributed by atoms with E-state index < -0.39 is 58.5 Å². The van der Waals surface area contributed by atoms with Crippen LogP contribution in [-0.4, -0.2) is 92.7 Å². The molecule has 2 aromatic heterocycles. The van der Waals surface area contributed by atoms with E-state index in [9.17, 15) is 39.6 Å². The van der Waals surface area contributed by atoms with Crippen LogP contribution >= 0.6 is 34.9 Å². The maximum absolute atomic E-state index is 13.4. The lowest BCUT2D eigenvalue weighted by molar-refractivity contribution is -0.151. The number of hydrogen-bond donors (Lipinski definition) is 8. The van der Waals surface area contributed by atoms with Crippen molar-refractivity contribution in [2.75, 3.05) is 28.7 Å². The molecule has 3 atom stereocenters. The number of nitrogen functional groups attached to an aromatic ring is 3. The molecule has 2 aliphatic rings. The molecule has 0 saturated carbocycles. The molecule has 0 bridgehead atoms. The minimum Gasteiger partial charge on any atom is -0.504 e. The summed E-state index contributed by atoms with van der Waals surface area (Å²) in [4.78, 5) is 68.9. The number of nitrogens with two attached hydrogens (primary N) is 3. The van der Waals surface area contributed by atoms with E-state index in [1.165, 1.54) is 29.3 Å². The lowest BCUT2D eigenvalue weighted by Crippen LogP contribution is -2.71. The largest absolute Gasteiger partial charge is 0.504 e. The molecule has 1 aromatic carbocycles. The van der Waals surface area contributed by atoms with Crippen molar-refractivity contribution >= 4 is 81.2 Å². The highest BCUT2D eigenvalue weighted by molar-refractivity contribution is 8.01. The van der Waals surface area contributed by atoms with Gasteiger partial charge in [-0.3, -0.25) is 14.5 Å². The second kappa shape index (κ2) is 13.0. The molecule has 240 valence electrons. The molecule has 1 fully saturated rings. The molecule has 3 aromatic rings. The summed E-state index contributed by atoms with van der Waals surface area (Å²) in [6.45, 7) is 0. The highest BCUT2D eigenvalue weighted by atomic mass is 32.2. The summed E-state index contributed by atoms with van der Waals surface area (Å²) < 4.78 is 0. The van der Waals surface area contributed by atoms with Crippen LogP contribution in [0.1, 0.15) is 17.4 Å². The Kier molecular flexibility index (Phi) is 9.07. The fourth-order valence-electron chi connectivity index (χ4n) is 4.36. The Morgan fingerprint density at radius 3 is 2.52 bits per heavy atom. The molecule has 1 saturated heterocycles. The Labute approximate surface area is 270 Å². The number of nitrogens with zero attached hydrogens (tertiary/aromatic N) is 5. The number of phenols is 2. The fourth-order valence-corrected chi connectivity index (χ4v) is 7.30. The number of anilines is 3. The average molecular weight is 690 g/mol. The topological polar surface area (TPSA) is 303 Å². The van der Waals surface area contributed by atoms with Crippen molar-refractivity contribution in [3.63, 3.8) is 0 Å². The van der Waals surface area contributed by atoms with Gasteiger partial charge in [0.25, 0.3) is 11.8 Å². The number of carbonyl (C=O) groups is 4. The Morgan fingerprint density at radius 2 is 1.89 bits per heavy atom. The molecule has 46 heavy (non-hydrogen) atoms. The van der Waals surface area contributed by atoms with E-state index >= 15 is 0 Å². The number of phenolic OH excluding ortho intramolecular Hbond substituents is 2. The lowest BCUT2D eigenvalue weighted by Gasteiger charge is -2.49. The number of benzene rings is 1. The number of oxime groups is 1. The van der Waals surface area contributed by atoms with Crippen molar-refractivity contribution in [2.24, 2.45) is 5.16 Å². The number of hydrogen-bond acceptors (Lipinski definition) is 17. The maximum Gasteiger partial charge on any atom is 0.352 e. The number of nitrogens with one attached hydrogen (secondary N) is 1. The number of aromatic nitrogens is 3. The van der Waals surface area contributed by atoms with Gasteiger partial charge < -0.3 is 47.8 Å². The molecule has 0 aliphatic carbocycles. The quantitative estimate of drug-likeness (QED) is 0.0332. The molecule has 2 amide bonds. The number of carbonyl (C=O) groups excluding carboxylic acids is 2. The lowest BCUT2D eigenvalue weighted by atomic mass is 10.0. The van der Waals surface area contributed by atoms with Gasteiger partial charge in [0.15, 0.2) is 22.3 Å². The Hall–Kier alpha value is -5.28. The molecule has 0 radical (unpaired) electrons. The van der Waals surface area contributed by atoms with Gasteiger partial charge in [-0.15, -0.1) is 34.9 Å². The zero-order valence-corrected chi connectivity index (χ0v) is 25.5. The van der Waals surface area contributed by atoms with E-state index in [0.717, 1.165) is 40.1 Å². The van der Waals surface area contributed by atoms with Crippen LogP contribution < -0.4 is 22.5 Å². The van der Waals surface area contributed by atoms with E-state index in [0.29, 0.717) is 10.6 Å². The number of carboxylic acid groups (broad SMARTS) is 2. The van der Waals surface area contributed by atoms with E-state index in [1.807, 2.05) is 0 Å². The Balaban J connectivity index is 1.35. The maximum atomic E-state index is 13.4. The smallest absolute Gasteiger partial charge is 0.352 e. The average Bonchev–Trinajstić information content (AvgIpc) is 3.42. The van der Waals surface area contributed by atoms with Gasteiger partial charge in [0.05, 0.1) is 0 Å². The first-order valence-corrected chi connectivity index (χ1v) is 15.7. The van der Waals surface area contributed by atoms with Crippen LogP contribution in [0.4, 0.5) is 16.9 Å². The number of aromatic hydroxyl groups is 2. The standard InChI is InChI=1S/C25H23N9O9S3/c26-13-4-14(31-24(27)30-13)44-5-9-6-45-21-16(20(38)34(21)17(9)22(39)40)32-19(37)15(10-7-46-25(28)29-10)33-43-18(23(41)42)8-1-2-11(35)12(36)3-8/h1-4,7,16,18,21,35-36H,5-6H2,(H2,28,29)(H,32,37)(H,39,40)(H,41,42)(H4,26,27,30,31)/b33-15-/t16?,18?,21-/m1/s1. The van der Waals surface area contributed by atoms with Gasteiger partial charge in [-0.2, -0.15) is 4.98 Å². The molecule has 21 heteroatoms. The number of β-lactam (4-membered cyclic amide) rings is 1. The van der Waals surface area contributed by atoms with Crippen LogP contribution in [0.15, 0.2) is 51.1 Å². The first-order valence-electron chi connectivity index (χ1n) is 12.8. The first-order chi connectivity index (χ1) is 21.8. The Bertz CT molecular complexity index is 1800. The molecular formula is C25H23N9O9S3. The normalized spacial score (nSPS) is 18.4. The number of fused-ring (bicyclic) bond motifs is 1. The SMILES string of the molecule is Nc1cc(SCC2=C(C(=O)O)N3C(=O)C(NC(=O)/C(=N\OC(C(=O)O)c4ccc(O)c(O)c4)c4csc(N)n4)[C@H]3SC2)nc(N)n1. The van der Waals surface area contributed by atoms with Gasteiger partial charge in [-0.05, 0) is 17.7 Å². The summed E-state index contributed by atoms with van der Waals surface area (Å²) in [6.07, 6.45) is -1.82. The summed E-state index contributed by atoms with van der Waals surface area (Å²) in [7, 11) is 0. The van der Waals surface area contributed by atoms with Gasteiger partial charge in [-0.25, -0.2) is 19.6 Å². The molecular weight excluding hydrogens is 667 g/mol. The van der Waals surface area contributed by atoms with Crippen LogP contribution in [-0.2, 0) is 24.0 Å². The van der Waals surface area contributed by atoms with Crippen LogP contribution in [0.25, 0.3) is 0 Å². The third kappa shape index (κ3) is 6.55. The molecule has 2 unspecified atom stereocenters. The minimum absolute atomic E-state index is 0.0451. The van der Waals surface area contributed by atoms with E-state index in [2.05, 4.69) is 25.4 Å². The second-order valence-corrected chi connectivity index (χ2v) is 12.5. The van der Waals surface area contributed by atoms with Crippen molar-refractivity contribution < 1.29 is 44.4 Å². The van der Waals surface area contributed by atoms with Gasteiger partial charge in [0.2, 0.25) is 12.1 Å². The fraction of sp³-hybridized carbons (Fsp3) is 0.200. The van der Waals surface area contributed by atoms with Crippen LogP contribution in [0.2, 0.25) is 0 Å². The van der Waals surface area contributed by atoms with Crippen molar-refractivity contribution in [2.45, 2.75) is 22.5 Å². The number of carboxylic acids is 2. The van der Waals surface area contributed by atoms with Gasteiger partial charge >= 0.3 is 11.9 Å². The molecule has 5 rings (SSSR count). The summed E-state index contributed by atoms with van der Waals surface area (Å²) in [6, 6.07) is 3.47. The zero-order chi connectivity index (χ0) is 33.3. The van der Waals surface area contributed by atoms with E-state index in [-0.39, 0.29) is 45.4 Å². The van der Waals surface area contributed by atoms with Crippen LogP contribution in [0.3, 0.4) is 0 Å².